The van der Waals surface area contributed by atoms with E-state index >= 15 is 0 Å². The smallest absolute Gasteiger partial charge is 0.237 e. The van der Waals surface area contributed by atoms with Crippen LogP contribution in [0.2, 0.25) is 0 Å². The average molecular weight is 233 g/mol. The molecule has 86 valence electrons. The van der Waals surface area contributed by atoms with E-state index < -0.39 is 6.04 Å². The van der Waals surface area contributed by atoms with Gasteiger partial charge in [0.15, 0.2) is 0 Å². The van der Waals surface area contributed by atoms with Crippen LogP contribution >= 0.6 is 12.4 Å². The molecule has 0 aliphatic rings. The van der Waals surface area contributed by atoms with Crippen LogP contribution in [-0.4, -0.2) is 11.9 Å². The lowest BCUT2D eigenvalue weighted by Gasteiger charge is -2.14. The van der Waals surface area contributed by atoms with Crippen LogP contribution in [0.4, 0.5) is 0 Å². The Hall–Kier alpha value is -1.00. The molecule has 0 radical (unpaired) electrons. The van der Waals surface area contributed by atoms with Crippen molar-refractivity contribution in [2.45, 2.75) is 26.4 Å². The summed E-state index contributed by atoms with van der Waals surface area (Å²) in [6.45, 7) is 4.22. The Morgan fingerprint density at radius 1 is 1.60 bits per heavy atom. The van der Waals surface area contributed by atoms with Crippen molar-refractivity contribution in [1.29, 1.82) is 0 Å². The minimum absolute atomic E-state index is 0. The molecule has 1 aromatic heterocycles. The lowest BCUT2D eigenvalue weighted by molar-refractivity contribution is -0.123. The molecule has 0 spiro atoms. The van der Waals surface area contributed by atoms with Crippen molar-refractivity contribution in [3.05, 3.63) is 24.2 Å². The molecule has 0 fully saturated rings. The number of furan rings is 1. The Kier molecular flexibility index (Phi) is 6.05. The standard InChI is InChI=1S/C10H16N2O2.ClH/c1-7(2)9(11)10(13)12-6-8-4-3-5-14-8;/h3-5,7,9H,6,11H2,1-2H3,(H,12,13);1H. The molecule has 0 aliphatic heterocycles. The second-order valence-corrected chi connectivity index (χ2v) is 3.57. The number of carbonyl (C=O) groups is 1. The average Bonchev–Trinajstić information content (AvgIpc) is 2.65. The number of carbonyl (C=O) groups excluding carboxylic acids is 1. The van der Waals surface area contributed by atoms with Gasteiger partial charge in [0, 0.05) is 0 Å². The Morgan fingerprint density at radius 2 is 2.27 bits per heavy atom. The fourth-order valence-electron chi connectivity index (χ4n) is 1.01. The highest BCUT2D eigenvalue weighted by molar-refractivity contribution is 5.85. The van der Waals surface area contributed by atoms with Gasteiger partial charge in [-0.1, -0.05) is 13.8 Å². The third-order valence-electron chi connectivity index (χ3n) is 2.04. The first-order chi connectivity index (χ1) is 6.61. The monoisotopic (exact) mass is 232 g/mol. The summed E-state index contributed by atoms with van der Waals surface area (Å²) in [5, 5.41) is 2.71. The highest BCUT2D eigenvalue weighted by atomic mass is 35.5. The van der Waals surface area contributed by atoms with Crippen LogP contribution in [0, 0.1) is 5.92 Å². The number of nitrogens with two attached hydrogens (primary N) is 1. The van der Waals surface area contributed by atoms with E-state index in [0.717, 1.165) is 5.76 Å². The lowest BCUT2D eigenvalue weighted by atomic mass is 10.1. The van der Waals surface area contributed by atoms with Crippen LogP contribution < -0.4 is 11.1 Å². The molecule has 0 aliphatic carbocycles. The fraction of sp³-hybridized carbons (Fsp3) is 0.500. The van der Waals surface area contributed by atoms with Crippen LogP contribution in [0.15, 0.2) is 22.8 Å². The molecule has 1 atom stereocenters. The summed E-state index contributed by atoms with van der Waals surface area (Å²) in [5.74, 6) is 0.734. The van der Waals surface area contributed by atoms with Gasteiger partial charge in [-0.15, -0.1) is 12.4 Å². The quantitative estimate of drug-likeness (QED) is 0.822. The normalized spacial score (nSPS) is 12.0. The van der Waals surface area contributed by atoms with Gasteiger partial charge in [-0.05, 0) is 18.1 Å². The van der Waals surface area contributed by atoms with E-state index in [1.807, 2.05) is 13.8 Å². The first-order valence-corrected chi connectivity index (χ1v) is 4.67. The largest absolute Gasteiger partial charge is 0.467 e. The van der Waals surface area contributed by atoms with Crippen LogP contribution in [0.3, 0.4) is 0 Å². The molecule has 15 heavy (non-hydrogen) atoms. The van der Waals surface area contributed by atoms with Crippen molar-refractivity contribution in [1.82, 2.24) is 5.32 Å². The van der Waals surface area contributed by atoms with Crippen LogP contribution in [0.5, 0.6) is 0 Å². The summed E-state index contributed by atoms with van der Waals surface area (Å²) in [4.78, 5) is 11.4. The molecule has 1 aromatic rings. The van der Waals surface area contributed by atoms with Gasteiger partial charge in [-0.2, -0.15) is 0 Å². The van der Waals surface area contributed by atoms with Crippen molar-refractivity contribution in [3.8, 4) is 0 Å². The van der Waals surface area contributed by atoms with E-state index in [-0.39, 0.29) is 24.2 Å². The second kappa shape index (κ2) is 6.48. The molecule has 1 heterocycles. The molecule has 4 nitrogen and oxygen atoms in total. The molecule has 1 unspecified atom stereocenters. The summed E-state index contributed by atoms with van der Waals surface area (Å²) in [5.41, 5.74) is 5.66. The minimum atomic E-state index is -0.454. The molecule has 3 N–H and O–H groups in total. The van der Waals surface area contributed by atoms with Crippen molar-refractivity contribution in [2.24, 2.45) is 11.7 Å². The van der Waals surface area contributed by atoms with E-state index in [2.05, 4.69) is 5.32 Å². The zero-order chi connectivity index (χ0) is 10.6. The number of amides is 1. The van der Waals surface area contributed by atoms with Crippen molar-refractivity contribution in [3.63, 3.8) is 0 Å². The van der Waals surface area contributed by atoms with Gasteiger partial charge in [0.25, 0.3) is 0 Å². The van der Waals surface area contributed by atoms with Gasteiger partial charge in [0.2, 0.25) is 5.91 Å². The molecule has 0 saturated heterocycles. The molecule has 1 rings (SSSR count). The second-order valence-electron chi connectivity index (χ2n) is 3.57. The summed E-state index contributed by atoms with van der Waals surface area (Å²) in [6, 6.07) is 3.13. The summed E-state index contributed by atoms with van der Waals surface area (Å²) < 4.78 is 5.07. The third kappa shape index (κ3) is 4.36. The first kappa shape index (κ1) is 14.0. The number of halogens is 1. The van der Waals surface area contributed by atoms with Gasteiger partial charge >= 0.3 is 0 Å². The summed E-state index contributed by atoms with van der Waals surface area (Å²) in [7, 11) is 0. The number of hydrogen-bond acceptors (Lipinski definition) is 3. The minimum Gasteiger partial charge on any atom is -0.467 e. The fourth-order valence-corrected chi connectivity index (χ4v) is 1.01. The summed E-state index contributed by atoms with van der Waals surface area (Å²) >= 11 is 0. The van der Waals surface area contributed by atoms with Gasteiger partial charge in [-0.25, -0.2) is 0 Å². The Balaban J connectivity index is 0.00000196. The highest BCUT2D eigenvalue weighted by Gasteiger charge is 2.16. The van der Waals surface area contributed by atoms with E-state index in [0.29, 0.717) is 6.54 Å². The van der Waals surface area contributed by atoms with Gasteiger partial charge in [0.1, 0.15) is 5.76 Å². The molecule has 0 aromatic carbocycles. The predicted octanol–water partition coefficient (Wildman–Crippen LogP) is 1.30. The maximum Gasteiger partial charge on any atom is 0.237 e. The maximum atomic E-state index is 11.4. The van der Waals surface area contributed by atoms with E-state index in [1.165, 1.54) is 0 Å². The Bertz CT molecular complexity index is 286. The van der Waals surface area contributed by atoms with Gasteiger partial charge in [0.05, 0.1) is 18.8 Å². The molecule has 0 saturated carbocycles. The highest BCUT2D eigenvalue weighted by Crippen LogP contribution is 2.01. The topological polar surface area (TPSA) is 68.3 Å². The van der Waals surface area contributed by atoms with Crippen LogP contribution in [0.25, 0.3) is 0 Å². The number of nitrogens with one attached hydrogen (secondary N) is 1. The van der Waals surface area contributed by atoms with E-state index in [9.17, 15) is 4.79 Å². The maximum absolute atomic E-state index is 11.4. The zero-order valence-electron chi connectivity index (χ0n) is 8.90. The van der Waals surface area contributed by atoms with Crippen molar-refractivity contribution >= 4 is 18.3 Å². The first-order valence-electron chi connectivity index (χ1n) is 4.67. The Morgan fingerprint density at radius 3 is 2.73 bits per heavy atom. The van der Waals surface area contributed by atoms with Crippen molar-refractivity contribution in [2.75, 3.05) is 0 Å². The predicted molar refractivity (Wildman–Crippen MR) is 60.6 cm³/mol. The molecular formula is C10H17ClN2O2. The summed E-state index contributed by atoms with van der Waals surface area (Å²) in [6.07, 6.45) is 1.57. The van der Waals surface area contributed by atoms with Crippen LogP contribution in [-0.2, 0) is 11.3 Å². The zero-order valence-corrected chi connectivity index (χ0v) is 9.71. The molecule has 5 heteroatoms. The molecule has 0 bridgehead atoms. The third-order valence-corrected chi connectivity index (χ3v) is 2.04. The van der Waals surface area contributed by atoms with E-state index in [4.69, 9.17) is 10.2 Å². The van der Waals surface area contributed by atoms with Crippen molar-refractivity contribution < 1.29 is 9.21 Å². The van der Waals surface area contributed by atoms with Crippen LogP contribution in [0.1, 0.15) is 19.6 Å². The number of hydrogen-bond donors (Lipinski definition) is 2. The lowest BCUT2D eigenvalue weighted by Crippen LogP contribution is -2.43. The van der Waals surface area contributed by atoms with E-state index in [1.54, 1.807) is 18.4 Å². The Labute approximate surface area is 95.6 Å². The molecular weight excluding hydrogens is 216 g/mol. The molecule has 1 amide bonds. The SMILES string of the molecule is CC(C)C(N)C(=O)NCc1ccco1.Cl. The number of rotatable bonds is 4. The van der Waals surface area contributed by atoms with Gasteiger partial charge in [-0.3, -0.25) is 4.79 Å². The van der Waals surface area contributed by atoms with Gasteiger partial charge < -0.3 is 15.5 Å².